The van der Waals surface area contributed by atoms with E-state index in [1.54, 1.807) is 0 Å². The summed E-state index contributed by atoms with van der Waals surface area (Å²) in [5.41, 5.74) is -0.0984. The Morgan fingerprint density at radius 3 is 2.54 bits per heavy atom. The first kappa shape index (κ1) is 19.6. The lowest BCUT2D eigenvalue weighted by molar-refractivity contribution is -0.138. The number of rotatable bonds is 7. The van der Waals surface area contributed by atoms with E-state index >= 15 is 0 Å². The highest BCUT2D eigenvalue weighted by Crippen LogP contribution is 2.18. The van der Waals surface area contributed by atoms with Crippen LogP contribution in [0.1, 0.15) is 30.6 Å². The molecule has 0 spiro atoms. The second-order valence-electron chi connectivity index (χ2n) is 5.12. The van der Waals surface area contributed by atoms with E-state index < -0.39 is 27.8 Å². The summed E-state index contributed by atoms with van der Waals surface area (Å²) in [5, 5.41) is 8.53. The van der Waals surface area contributed by atoms with Gasteiger partial charge in [0, 0.05) is 13.6 Å². The van der Waals surface area contributed by atoms with Gasteiger partial charge < -0.3 is 9.64 Å². The number of hydrogen-bond donors (Lipinski definition) is 0. The molecule has 1 atom stereocenters. The number of benzene rings is 1. The van der Waals surface area contributed by atoms with Crippen LogP contribution in [0.2, 0.25) is 0 Å². The van der Waals surface area contributed by atoms with Crippen molar-refractivity contribution in [1.82, 2.24) is 4.90 Å². The van der Waals surface area contributed by atoms with Crippen LogP contribution < -0.4 is 0 Å². The lowest BCUT2D eigenvalue weighted by Crippen LogP contribution is -2.38. The number of sulfone groups is 1. The van der Waals surface area contributed by atoms with Crippen molar-refractivity contribution in [2.24, 2.45) is 0 Å². The van der Waals surface area contributed by atoms with Crippen LogP contribution in [0.3, 0.4) is 0 Å². The molecule has 8 heteroatoms. The van der Waals surface area contributed by atoms with Crippen molar-refractivity contribution in [2.45, 2.75) is 31.3 Å². The molecule has 1 aromatic rings. The average molecular weight is 352 g/mol. The molecule has 0 fully saturated rings. The van der Waals surface area contributed by atoms with Gasteiger partial charge in [0.05, 0.1) is 28.7 Å². The summed E-state index contributed by atoms with van der Waals surface area (Å²) in [7, 11) is -2.09. The molecule has 0 aliphatic carbocycles. The Labute approximate surface area is 141 Å². The van der Waals surface area contributed by atoms with E-state index in [4.69, 9.17) is 10.00 Å². The highest BCUT2D eigenvalue weighted by Gasteiger charge is 2.26. The minimum absolute atomic E-state index is 0.0984. The van der Waals surface area contributed by atoms with Gasteiger partial charge in [-0.1, -0.05) is 19.1 Å². The average Bonchev–Trinajstić information content (AvgIpc) is 2.58. The number of hydrogen-bond acceptors (Lipinski definition) is 6. The largest absolute Gasteiger partial charge is 0.449 e. The van der Waals surface area contributed by atoms with Crippen molar-refractivity contribution >= 4 is 21.7 Å². The second-order valence-corrected chi connectivity index (χ2v) is 7.36. The van der Waals surface area contributed by atoms with Gasteiger partial charge >= 0.3 is 5.97 Å². The molecule has 0 unspecified atom stereocenters. The van der Waals surface area contributed by atoms with Crippen molar-refractivity contribution in [3.63, 3.8) is 0 Å². The first-order valence-corrected chi connectivity index (χ1v) is 9.04. The van der Waals surface area contributed by atoms with E-state index in [-0.39, 0.29) is 29.2 Å². The molecule has 24 heavy (non-hydrogen) atoms. The SMILES string of the molecule is CCS(=O)(=O)c1ccccc1C(=O)O[C@@H](C)C(=O)N(C)CCC#N. The van der Waals surface area contributed by atoms with Crippen LogP contribution in [0, 0.1) is 11.3 Å². The van der Waals surface area contributed by atoms with Crippen LogP contribution in [-0.2, 0) is 19.4 Å². The molecule has 0 aliphatic heterocycles. The Kier molecular flexibility index (Phi) is 6.92. The molecule has 0 saturated carbocycles. The molecule has 0 bridgehead atoms. The summed E-state index contributed by atoms with van der Waals surface area (Å²) in [5.74, 6) is -1.49. The summed E-state index contributed by atoms with van der Waals surface area (Å²) >= 11 is 0. The van der Waals surface area contributed by atoms with Gasteiger partial charge in [-0.25, -0.2) is 13.2 Å². The number of nitrogens with zero attached hydrogens (tertiary/aromatic N) is 2. The monoisotopic (exact) mass is 352 g/mol. The van der Waals surface area contributed by atoms with E-state index in [9.17, 15) is 18.0 Å². The van der Waals surface area contributed by atoms with Crippen LogP contribution in [0.4, 0.5) is 0 Å². The van der Waals surface area contributed by atoms with Crippen LogP contribution in [0.15, 0.2) is 29.2 Å². The van der Waals surface area contributed by atoms with Crippen molar-refractivity contribution in [3.8, 4) is 6.07 Å². The zero-order chi connectivity index (χ0) is 18.3. The Bertz CT molecular complexity index is 752. The number of carbonyl (C=O) groups is 2. The van der Waals surface area contributed by atoms with E-state index in [1.165, 1.54) is 50.1 Å². The van der Waals surface area contributed by atoms with Crippen LogP contribution >= 0.6 is 0 Å². The van der Waals surface area contributed by atoms with Gasteiger partial charge in [-0.05, 0) is 19.1 Å². The predicted octanol–water partition coefficient (Wildman–Crippen LogP) is 1.40. The van der Waals surface area contributed by atoms with Gasteiger partial charge in [-0.3, -0.25) is 4.79 Å². The van der Waals surface area contributed by atoms with Crippen molar-refractivity contribution in [3.05, 3.63) is 29.8 Å². The highest BCUT2D eigenvalue weighted by atomic mass is 32.2. The first-order valence-electron chi connectivity index (χ1n) is 7.39. The van der Waals surface area contributed by atoms with E-state index in [2.05, 4.69) is 0 Å². The number of nitriles is 1. The fourth-order valence-corrected chi connectivity index (χ4v) is 3.06. The highest BCUT2D eigenvalue weighted by molar-refractivity contribution is 7.91. The third kappa shape index (κ3) is 4.80. The molecule has 0 N–H and O–H groups in total. The normalized spacial score (nSPS) is 12.1. The van der Waals surface area contributed by atoms with E-state index in [0.29, 0.717) is 0 Å². The quantitative estimate of drug-likeness (QED) is 0.687. The topological polar surface area (TPSA) is 105 Å². The van der Waals surface area contributed by atoms with Crippen LogP contribution in [0.5, 0.6) is 0 Å². The number of esters is 1. The van der Waals surface area contributed by atoms with Crippen molar-refractivity contribution in [2.75, 3.05) is 19.3 Å². The number of ether oxygens (including phenoxy) is 1. The lowest BCUT2D eigenvalue weighted by Gasteiger charge is -2.20. The predicted molar refractivity (Wildman–Crippen MR) is 86.9 cm³/mol. The molecular formula is C16H20N2O5S. The zero-order valence-electron chi connectivity index (χ0n) is 13.9. The Morgan fingerprint density at radius 2 is 1.96 bits per heavy atom. The summed E-state index contributed by atoms with van der Waals surface area (Å²) in [6, 6.07) is 7.65. The molecule has 1 amide bonds. The number of amides is 1. The lowest BCUT2D eigenvalue weighted by atomic mass is 10.2. The molecule has 0 saturated heterocycles. The maximum atomic E-state index is 12.3. The molecular weight excluding hydrogens is 332 g/mol. The minimum Gasteiger partial charge on any atom is -0.449 e. The zero-order valence-corrected chi connectivity index (χ0v) is 14.7. The molecule has 0 aliphatic rings. The van der Waals surface area contributed by atoms with Crippen molar-refractivity contribution < 1.29 is 22.7 Å². The van der Waals surface area contributed by atoms with Crippen LogP contribution in [-0.4, -0.2) is 50.6 Å². The molecule has 7 nitrogen and oxygen atoms in total. The molecule has 1 rings (SSSR count). The Morgan fingerprint density at radius 1 is 1.33 bits per heavy atom. The molecule has 1 aromatic carbocycles. The third-order valence-electron chi connectivity index (χ3n) is 3.39. The smallest absolute Gasteiger partial charge is 0.340 e. The van der Waals surface area contributed by atoms with Gasteiger partial charge in [0.25, 0.3) is 5.91 Å². The number of likely N-dealkylation sites (N-methyl/N-ethyl adjacent to an activating group) is 1. The summed E-state index contributed by atoms with van der Waals surface area (Å²) in [6.45, 7) is 3.10. The summed E-state index contributed by atoms with van der Waals surface area (Å²) in [4.78, 5) is 25.5. The summed E-state index contributed by atoms with van der Waals surface area (Å²) in [6.07, 6.45) is -0.918. The van der Waals surface area contributed by atoms with Crippen molar-refractivity contribution in [1.29, 1.82) is 5.26 Å². The molecule has 0 aromatic heterocycles. The molecule has 0 radical (unpaired) electrons. The van der Waals surface area contributed by atoms with Gasteiger partial charge in [-0.15, -0.1) is 0 Å². The van der Waals surface area contributed by atoms with Gasteiger partial charge in [0.15, 0.2) is 15.9 Å². The maximum Gasteiger partial charge on any atom is 0.340 e. The Hall–Kier alpha value is -2.40. The third-order valence-corrected chi connectivity index (χ3v) is 5.18. The Balaban J connectivity index is 2.94. The van der Waals surface area contributed by atoms with E-state index in [0.717, 1.165) is 0 Å². The van der Waals surface area contributed by atoms with Gasteiger partial charge in [0.1, 0.15) is 0 Å². The maximum absolute atomic E-state index is 12.3. The number of carbonyl (C=O) groups excluding carboxylic acids is 2. The second kappa shape index (κ2) is 8.45. The standard InChI is InChI=1S/C16H20N2O5S/c1-4-24(21,22)14-9-6-5-8-13(14)16(20)23-12(2)15(19)18(3)11-7-10-17/h5-6,8-9,12H,4,7,11H2,1-3H3/t12-/m0/s1. The minimum atomic E-state index is -3.59. The van der Waals surface area contributed by atoms with Gasteiger partial charge in [-0.2, -0.15) is 5.26 Å². The van der Waals surface area contributed by atoms with E-state index in [1.807, 2.05) is 6.07 Å². The molecule has 130 valence electrons. The van der Waals surface area contributed by atoms with Gasteiger partial charge in [0.2, 0.25) is 0 Å². The fraction of sp³-hybridized carbons (Fsp3) is 0.438. The first-order chi connectivity index (χ1) is 11.2. The fourth-order valence-electron chi connectivity index (χ4n) is 1.97. The van der Waals surface area contributed by atoms with Crippen LogP contribution in [0.25, 0.3) is 0 Å². The summed E-state index contributed by atoms with van der Waals surface area (Å²) < 4.78 is 29.2. The molecule has 0 heterocycles.